The monoisotopic (exact) mass is 292 g/mol. The van der Waals surface area contributed by atoms with Crippen molar-refractivity contribution >= 4 is 5.91 Å². The average molecular weight is 292 g/mol. The Hall–Kier alpha value is -1.42. The van der Waals surface area contributed by atoms with Crippen LogP contribution in [0.1, 0.15) is 38.2 Å². The standard InChI is InChI=1S/C17H25FN2O/c1-14-5-2-3-11-20(14)12-4-10-19-17(21)13-15-6-8-16(18)9-7-15/h6-9,14H,2-5,10-13H2,1H3,(H,19,21). The summed E-state index contributed by atoms with van der Waals surface area (Å²) in [6, 6.07) is 6.77. The fourth-order valence-electron chi connectivity index (χ4n) is 2.85. The van der Waals surface area contributed by atoms with Gasteiger partial charge in [0.1, 0.15) is 5.82 Å². The maximum absolute atomic E-state index is 12.8. The minimum Gasteiger partial charge on any atom is -0.356 e. The van der Waals surface area contributed by atoms with Crippen molar-refractivity contribution < 1.29 is 9.18 Å². The van der Waals surface area contributed by atoms with Crippen molar-refractivity contribution in [3.63, 3.8) is 0 Å². The molecule has 1 aliphatic heterocycles. The van der Waals surface area contributed by atoms with Gasteiger partial charge in [0.05, 0.1) is 6.42 Å². The van der Waals surface area contributed by atoms with Gasteiger partial charge in [-0.2, -0.15) is 0 Å². The summed E-state index contributed by atoms with van der Waals surface area (Å²) in [5.41, 5.74) is 0.846. The normalized spacial score (nSPS) is 19.4. The number of carbonyl (C=O) groups excluding carboxylic acids is 1. The van der Waals surface area contributed by atoms with Gasteiger partial charge in [0.15, 0.2) is 0 Å². The molecule has 1 fully saturated rings. The number of piperidine rings is 1. The third-order valence-corrected chi connectivity index (χ3v) is 4.16. The molecule has 1 aromatic carbocycles. The van der Waals surface area contributed by atoms with Gasteiger partial charge in [0.2, 0.25) is 5.91 Å². The van der Waals surface area contributed by atoms with Crippen LogP contribution in [-0.4, -0.2) is 36.5 Å². The molecule has 21 heavy (non-hydrogen) atoms. The lowest BCUT2D eigenvalue weighted by Crippen LogP contribution is -2.39. The summed E-state index contributed by atoms with van der Waals surface area (Å²) < 4.78 is 12.8. The molecule has 0 bridgehead atoms. The van der Waals surface area contributed by atoms with Crippen LogP contribution in [0.4, 0.5) is 4.39 Å². The molecule has 1 aliphatic rings. The van der Waals surface area contributed by atoms with Crippen molar-refractivity contribution in [1.29, 1.82) is 0 Å². The molecule has 1 atom stereocenters. The molecule has 2 rings (SSSR count). The summed E-state index contributed by atoms with van der Waals surface area (Å²) in [6.45, 7) is 5.23. The van der Waals surface area contributed by atoms with Gasteiger partial charge >= 0.3 is 0 Å². The molecule has 1 N–H and O–H groups in total. The molecule has 1 amide bonds. The first-order chi connectivity index (χ1) is 10.1. The van der Waals surface area contributed by atoms with Gasteiger partial charge in [-0.05, 0) is 50.4 Å². The van der Waals surface area contributed by atoms with Crippen molar-refractivity contribution in [2.75, 3.05) is 19.6 Å². The third kappa shape index (κ3) is 5.46. The summed E-state index contributed by atoms with van der Waals surface area (Å²) in [7, 11) is 0. The second-order valence-corrected chi connectivity index (χ2v) is 5.89. The minimum atomic E-state index is -0.269. The van der Waals surface area contributed by atoms with Crippen LogP contribution in [0, 0.1) is 5.82 Å². The van der Waals surface area contributed by atoms with Gasteiger partial charge in [-0.3, -0.25) is 4.79 Å². The zero-order valence-electron chi connectivity index (χ0n) is 12.8. The zero-order chi connectivity index (χ0) is 15.1. The molecule has 0 spiro atoms. The topological polar surface area (TPSA) is 32.3 Å². The highest BCUT2D eigenvalue weighted by Crippen LogP contribution is 2.16. The quantitative estimate of drug-likeness (QED) is 0.818. The van der Waals surface area contributed by atoms with E-state index in [0.29, 0.717) is 19.0 Å². The number of carbonyl (C=O) groups is 1. The second-order valence-electron chi connectivity index (χ2n) is 5.89. The first kappa shape index (κ1) is 16.0. The predicted molar refractivity (Wildman–Crippen MR) is 82.6 cm³/mol. The average Bonchev–Trinajstić information content (AvgIpc) is 2.48. The smallest absolute Gasteiger partial charge is 0.224 e. The summed E-state index contributed by atoms with van der Waals surface area (Å²) in [5.74, 6) is -0.261. The summed E-state index contributed by atoms with van der Waals surface area (Å²) >= 11 is 0. The molecule has 0 radical (unpaired) electrons. The number of benzene rings is 1. The van der Waals surface area contributed by atoms with Gasteiger partial charge in [-0.15, -0.1) is 0 Å². The van der Waals surface area contributed by atoms with Crippen LogP contribution in [0.25, 0.3) is 0 Å². The van der Waals surface area contributed by atoms with Crippen LogP contribution in [-0.2, 0) is 11.2 Å². The lowest BCUT2D eigenvalue weighted by molar-refractivity contribution is -0.120. The van der Waals surface area contributed by atoms with Crippen LogP contribution in [0.3, 0.4) is 0 Å². The summed E-state index contributed by atoms with van der Waals surface area (Å²) in [6.07, 6.45) is 5.23. The number of amides is 1. The van der Waals surface area contributed by atoms with E-state index in [0.717, 1.165) is 18.5 Å². The molecule has 116 valence electrons. The van der Waals surface area contributed by atoms with Gasteiger partial charge in [-0.1, -0.05) is 18.6 Å². The number of rotatable bonds is 6. The zero-order valence-corrected chi connectivity index (χ0v) is 12.8. The number of nitrogens with one attached hydrogen (secondary N) is 1. The van der Waals surface area contributed by atoms with Crippen LogP contribution in [0.15, 0.2) is 24.3 Å². The van der Waals surface area contributed by atoms with Crippen LogP contribution in [0.5, 0.6) is 0 Å². The molecule has 1 heterocycles. The largest absolute Gasteiger partial charge is 0.356 e. The summed E-state index contributed by atoms with van der Waals surface area (Å²) in [5, 5.41) is 2.94. The Kier molecular flexibility index (Phi) is 6.18. The maximum Gasteiger partial charge on any atom is 0.224 e. The van der Waals surface area contributed by atoms with E-state index in [1.807, 2.05) is 0 Å². The lowest BCUT2D eigenvalue weighted by Gasteiger charge is -2.33. The van der Waals surface area contributed by atoms with Crippen molar-refractivity contribution in [3.8, 4) is 0 Å². The van der Waals surface area contributed by atoms with E-state index in [1.54, 1.807) is 12.1 Å². The van der Waals surface area contributed by atoms with Gasteiger partial charge in [0.25, 0.3) is 0 Å². The molecule has 1 unspecified atom stereocenters. The number of likely N-dealkylation sites (tertiary alicyclic amines) is 1. The van der Waals surface area contributed by atoms with E-state index in [-0.39, 0.29) is 11.7 Å². The molecular formula is C17H25FN2O. The predicted octanol–water partition coefficient (Wildman–Crippen LogP) is 2.75. The second kappa shape index (κ2) is 8.13. The Labute approximate surface area is 126 Å². The van der Waals surface area contributed by atoms with E-state index in [9.17, 15) is 9.18 Å². The number of halogens is 1. The number of nitrogens with zero attached hydrogens (tertiary/aromatic N) is 1. The third-order valence-electron chi connectivity index (χ3n) is 4.16. The van der Waals surface area contributed by atoms with Crippen LogP contribution < -0.4 is 5.32 Å². The fourth-order valence-corrected chi connectivity index (χ4v) is 2.85. The first-order valence-corrected chi connectivity index (χ1v) is 7.90. The Morgan fingerprint density at radius 2 is 2.10 bits per heavy atom. The molecule has 0 aromatic heterocycles. The molecule has 3 nitrogen and oxygen atoms in total. The molecule has 4 heteroatoms. The van der Waals surface area contributed by atoms with Crippen molar-refractivity contribution in [2.24, 2.45) is 0 Å². The fraction of sp³-hybridized carbons (Fsp3) is 0.588. The Morgan fingerprint density at radius 1 is 1.33 bits per heavy atom. The van der Waals surface area contributed by atoms with E-state index in [4.69, 9.17) is 0 Å². The highest BCUT2D eigenvalue weighted by molar-refractivity contribution is 5.78. The van der Waals surface area contributed by atoms with Crippen LogP contribution in [0.2, 0.25) is 0 Å². The first-order valence-electron chi connectivity index (χ1n) is 7.90. The minimum absolute atomic E-state index is 0.00769. The number of hydrogen-bond donors (Lipinski definition) is 1. The Morgan fingerprint density at radius 3 is 2.81 bits per heavy atom. The molecule has 0 aliphatic carbocycles. The molecule has 1 saturated heterocycles. The summed E-state index contributed by atoms with van der Waals surface area (Å²) in [4.78, 5) is 14.3. The SMILES string of the molecule is CC1CCCCN1CCCNC(=O)Cc1ccc(F)cc1. The molecule has 0 saturated carbocycles. The van der Waals surface area contributed by atoms with Gasteiger partial charge in [0, 0.05) is 19.1 Å². The molecule has 1 aromatic rings. The van der Waals surface area contributed by atoms with E-state index < -0.39 is 0 Å². The number of hydrogen-bond acceptors (Lipinski definition) is 2. The van der Waals surface area contributed by atoms with Gasteiger partial charge in [-0.25, -0.2) is 4.39 Å². The Bertz CT molecular complexity index is 447. The van der Waals surface area contributed by atoms with E-state index in [1.165, 1.54) is 37.9 Å². The maximum atomic E-state index is 12.8. The van der Waals surface area contributed by atoms with Crippen molar-refractivity contribution in [3.05, 3.63) is 35.6 Å². The van der Waals surface area contributed by atoms with E-state index >= 15 is 0 Å². The highest BCUT2D eigenvalue weighted by Gasteiger charge is 2.17. The van der Waals surface area contributed by atoms with Crippen molar-refractivity contribution in [1.82, 2.24) is 10.2 Å². The lowest BCUT2D eigenvalue weighted by atomic mass is 10.0. The highest BCUT2D eigenvalue weighted by atomic mass is 19.1. The Balaban J connectivity index is 1.61. The van der Waals surface area contributed by atoms with Crippen LogP contribution >= 0.6 is 0 Å². The van der Waals surface area contributed by atoms with Gasteiger partial charge < -0.3 is 10.2 Å². The van der Waals surface area contributed by atoms with Crippen molar-refractivity contribution in [2.45, 2.75) is 45.1 Å². The van der Waals surface area contributed by atoms with E-state index in [2.05, 4.69) is 17.1 Å². The molecular weight excluding hydrogens is 267 g/mol.